The average molecular weight is 472 g/mol. The summed E-state index contributed by atoms with van der Waals surface area (Å²) in [7, 11) is 0. The minimum Gasteiger partial charge on any atom is -0.489 e. The first kappa shape index (κ1) is 20.9. The summed E-state index contributed by atoms with van der Waals surface area (Å²) in [5.41, 5.74) is 2.59. The fraction of sp³-hybridized carbons (Fsp3) is 0.0435. The number of ether oxygens (including phenoxy) is 1. The third-order valence-corrected chi connectivity index (χ3v) is 6.15. The molecule has 1 heterocycles. The molecule has 0 saturated carbocycles. The molecule has 3 nitrogen and oxygen atoms in total. The van der Waals surface area contributed by atoms with Crippen molar-refractivity contribution in [3.63, 3.8) is 0 Å². The fourth-order valence-corrected chi connectivity index (χ4v) is 4.47. The lowest BCUT2D eigenvalue weighted by molar-refractivity contribution is -0.113. The Morgan fingerprint density at radius 2 is 1.70 bits per heavy atom. The van der Waals surface area contributed by atoms with E-state index in [2.05, 4.69) is 0 Å². The zero-order valence-electron chi connectivity index (χ0n) is 15.5. The predicted octanol–water partition coefficient (Wildman–Crippen LogP) is 6.98. The summed E-state index contributed by atoms with van der Waals surface area (Å²) in [6.07, 6.45) is 1.83. The molecule has 0 atom stereocenters. The number of amides is 1. The Morgan fingerprint density at radius 1 is 0.967 bits per heavy atom. The predicted molar refractivity (Wildman–Crippen MR) is 129 cm³/mol. The van der Waals surface area contributed by atoms with Crippen molar-refractivity contribution < 1.29 is 9.53 Å². The van der Waals surface area contributed by atoms with Gasteiger partial charge < -0.3 is 4.74 Å². The molecule has 0 radical (unpaired) electrons. The van der Waals surface area contributed by atoms with Crippen LogP contribution in [0.5, 0.6) is 5.75 Å². The van der Waals surface area contributed by atoms with E-state index < -0.39 is 0 Å². The summed E-state index contributed by atoms with van der Waals surface area (Å²) in [4.78, 5) is 14.9. The van der Waals surface area contributed by atoms with Crippen LogP contribution in [0, 0.1) is 0 Å². The van der Waals surface area contributed by atoms with E-state index in [4.69, 9.17) is 40.2 Å². The van der Waals surface area contributed by atoms with Crippen LogP contribution in [-0.4, -0.2) is 10.2 Å². The van der Waals surface area contributed by atoms with E-state index in [1.165, 1.54) is 16.7 Å². The summed E-state index contributed by atoms with van der Waals surface area (Å²) in [5, 5.41) is 1.25. The highest BCUT2D eigenvalue weighted by Gasteiger charge is 2.33. The second-order valence-corrected chi connectivity index (χ2v) is 9.03. The van der Waals surface area contributed by atoms with Crippen LogP contribution in [0.1, 0.15) is 11.1 Å². The van der Waals surface area contributed by atoms with Gasteiger partial charge in [0.25, 0.3) is 5.91 Å². The van der Waals surface area contributed by atoms with Crippen LogP contribution in [-0.2, 0) is 11.4 Å². The largest absolute Gasteiger partial charge is 0.489 e. The smallest absolute Gasteiger partial charge is 0.270 e. The van der Waals surface area contributed by atoms with E-state index in [-0.39, 0.29) is 5.91 Å². The lowest BCUT2D eigenvalue weighted by Crippen LogP contribution is -2.27. The maximum absolute atomic E-state index is 12.9. The van der Waals surface area contributed by atoms with Gasteiger partial charge in [-0.1, -0.05) is 77.5 Å². The van der Waals surface area contributed by atoms with Crippen molar-refractivity contribution in [2.24, 2.45) is 0 Å². The standard InChI is InChI=1S/C23H15Cl2NO2S2/c24-17-8-4-16(5-9-17)14-28-20-10-6-15(7-11-20)12-21-22(27)26(23(29)30-21)19-3-1-2-18(25)13-19/h1-13H,14H2. The number of nitrogens with zero attached hydrogens (tertiary/aromatic N) is 1. The lowest BCUT2D eigenvalue weighted by atomic mass is 10.2. The highest BCUT2D eigenvalue weighted by atomic mass is 35.5. The monoisotopic (exact) mass is 471 g/mol. The molecule has 1 aliphatic heterocycles. The van der Waals surface area contributed by atoms with E-state index in [9.17, 15) is 4.79 Å². The number of rotatable bonds is 5. The molecule has 4 rings (SSSR count). The van der Waals surface area contributed by atoms with Gasteiger partial charge in [-0.3, -0.25) is 9.69 Å². The molecule has 150 valence electrons. The van der Waals surface area contributed by atoms with Gasteiger partial charge in [-0.05, 0) is 59.7 Å². The van der Waals surface area contributed by atoms with Crippen LogP contribution in [0.4, 0.5) is 5.69 Å². The molecule has 0 bridgehead atoms. The molecule has 1 fully saturated rings. The fourth-order valence-electron chi connectivity index (χ4n) is 2.86. The van der Waals surface area contributed by atoms with Gasteiger partial charge in [0.05, 0.1) is 10.6 Å². The van der Waals surface area contributed by atoms with Crippen molar-refractivity contribution in [1.82, 2.24) is 0 Å². The van der Waals surface area contributed by atoms with Crippen LogP contribution in [0.15, 0.2) is 77.7 Å². The quantitative estimate of drug-likeness (QED) is 0.296. The topological polar surface area (TPSA) is 29.5 Å². The minimum absolute atomic E-state index is 0.157. The zero-order chi connectivity index (χ0) is 21.1. The maximum Gasteiger partial charge on any atom is 0.270 e. The first-order valence-corrected chi connectivity index (χ1v) is 11.0. The Morgan fingerprint density at radius 3 is 2.40 bits per heavy atom. The number of carbonyl (C=O) groups excluding carboxylic acids is 1. The molecule has 0 aliphatic carbocycles. The molecule has 3 aromatic rings. The molecule has 1 amide bonds. The molecule has 0 spiro atoms. The molecule has 0 aromatic heterocycles. The lowest BCUT2D eigenvalue weighted by Gasteiger charge is -2.14. The summed E-state index contributed by atoms with van der Waals surface area (Å²) in [5.74, 6) is 0.587. The number of thiocarbonyl (C=S) groups is 1. The van der Waals surface area contributed by atoms with Crippen molar-refractivity contribution in [3.05, 3.63) is 98.9 Å². The summed E-state index contributed by atoms with van der Waals surface area (Å²) in [6, 6.07) is 22.2. The van der Waals surface area contributed by atoms with E-state index in [1.807, 2.05) is 60.7 Å². The van der Waals surface area contributed by atoms with Crippen molar-refractivity contribution in [2.75, 3.05) is 4.90 Å². The first-order chi connectivity index (χ1) is 14.5. The van der Waals surface area contributed by atoms with Gasteiger partial charge in [0, 0.05) is 10.0 Å². The highest BCUT2D eigenvalue weighted by Crippen LogP contribution is 2.36. The maximum atomic E-state index is 12.9. The van der Waals surface area contributed by atoms with Gasteiger partial charge >= 0.3 is 0 Å². The van der Waals surface area contributed by atoms with Gasteiger partial charge in [-0.15, -0.1) is 0 Å². The number of halogens is 2. The normalized spacial score (nSPS) is 15.1. The Kier molecular flexibility index (Phi) is 6.44. The molecule has 1 saturated heterocycles. The Labute approximate surface area is 194 Å². The Hall–Kier alpha value is -2.31. The number of carbonyl (C=O) groups is 1. The molecular formula is C23H15Cl2NO2S2. The van der Waals surface area contributed by atoms with Gasteiger partial charge in [-0.25, -0.2) is 0 Å². The average Bonchev–Trinajstić information content (AvgIpc) is 3.01. The molecule has 0 unspecified atom stereocenters. The molecule has 7 heteroatoms. The van der Waals surface area contributed by atoms with Crippen LogP contribution >= 0.6 is 47.2 Å². The van der Waals surface area contributed by atoms with Crippen molar-refractivity contribution in [1.29, 1.82) is 0 Å². The second kappa shape index (κ2) is 9.23. The molecular weight excluding hydrogens is 457 g/mol. The number of benzene rings is 3. The van der Waals surface area contributed by atoms with Crippen LogP contribution in [0.25, 0.3) is 6.08 Å². The van der Waals surface area contributed by atoms with Gasteiger partial charge in [-0.2, -0.15) is 0 Å². The van der Waals surface area contributed by atoms with Gasteiger partial charge in [0.1, 0.15) is 12.4 Å². The van der Waals surface area contributed by atoms with Crippen molar-refractivity contribution in [2.45, 2.75) is 6.61 Å². The first-order valence-electron chi connectivity index (χ1n) is 9.00. The number of anilines is 1. The molecule has 30 heavy (non-hydrogen) atoms. The van der Waals surface area contributed by atoms with Crippen LogP contribution in [0.2, 0.25) is 10.0 Å². The molecule has 0 N–H and O–H groups in total. The third kappa shape index (κ3) is 4.87. The summed E-state index contributed by atoms with van der Waals surface area (Å²) < 4.78 is 6.29. The highest BCUT2D eigenvalue weighted by molar-refractivity contribution is 8.27. The summed E-state index contributed by atoms with van der Waals surface area (Å²) in [6.45, 7) is 0.453. The molecule has 3 aromatic carbocycles. The second-order valence-electron chi connectivity index (χ2n) is 6.48. The Balaban J connectivity index is 1.45. The number of hydrogen-bond donors (Lipinski definition) is 0. The van der Waals surface area contributed by atoms with Crippen LogP contribution in [0.3, 0.4) is 0 Å². The van der Waals surface area contributed by atoms with Gasteiger partial charge in [0.2, 0.25) is 0 Å². The van der Waals surface area contributed by atoms with E-state index >= 15 is 0 Å². The zero-order valence-corrected chi connectivity index (χ0v) is 18.7. The third-order valence-electron chi connectivity index (χ3n) is 4.36. The minimum atomic E-state index is -0.157. The van der Waals surface area contributed by atoms with E-state index in [1.54, 1.807) is 18.2 Å². The SMILES string of the molecule is O=C1C(=Cc2ccc(OCc3ccc(Cl)cc3)cc2)SC(=S)N1c1cccc(Cl)c1. The van der Waals surface area contributed by atoms with Gasteiger partial charge in [0.15, 0.2) is 4.32 Å². The van der Waals surface area contributed by atoms with Crippen molar-refractivity contribution in [3.8, 4) is 5.75 Å². The van der Waals surface area contributed by atoms with E-state index in [0.29, 0.717) is 31.6 Å². The molecule has 1 aliphatic rings. The Bertz CT molecular complexity index is 1130. The number of hydrogen-bond acceptors (Lipinski definition) is 4. The summed E-state index contributed by atoms with van der Waals surface area (Å²) >= 11 is 18.6. The van der Waals surface area contributed by atoms with Crippen LogP contribution < -0.4 is 9.64 Å². The van der Waals surface area contributed by atoms with Crippen molar-refractivity contribution >= 4 is 69.2 Å². The number of thioether (sulfide) groups is 1. The van der Waals surface area contributed by atoms with E-state index in [0.717, 1.165) is 16.9 Å².